The van der Waals surface area contributed by atoms with Gasteiger partial charge in [0.15, 0.2) is 5.13 Å². The molecule has 7 nitrogen and oxygen atoms in total. The number of aryl methyl sites for hydroxylation is 2. The van der Waals surface area contributed by atoms with Crippen molar-refractivity contribution in [3.05, 3.63) is 58.4 Å². The number of carbonyl (C=O) groups excluding carboxylic acids is 1. The van der Waals surface area contributed by atoms with Crippen molar-refractivity contribution >= 4 is 34.0 Å². The molecule has 2 N–H and O–H groups in total. The molecule has 0 fully saturated rings. The van der Waals surface area contributed by atoms with Crippen molar-refractivity contribution in [3.63, 3.8) is 0 Å². The molecule has 1 amide bonds. The SMILES string of the molecule is Cc1cc(C)nc(Nc2nc(C(=O)Nc3cccc(C#N)c3)cs2)n1. The number of amides is 1. The molecule has 1 aromatic carbocycles. The number of nitriles is 1. The van der Waals surface area contributed by atoms with Gasteiger partial charge in [-0.2, -0.15) is 5.26 Å². The summed E-state index contributed by atoms with van der Waals surface area (Å²) in [5.41, 5.74) is 3.00. The Hall–Kier alpha value is -3.31. The Kier molecular flexibility index (Phi) is 4.68. The zero-order chi connectivity index (χ0) is 17.8. The van der Waals surface area contributed by atoms with Crippen LogP contribution in [-0.2, 0) is 0 Å². The molecule has 8 heteroatoms. The van der Waals surface area contributed by atoms with E-state index in [4.69, 9.17) is 5.26 Å². The molecule has 25 heavy (non-hydrogen) atoms. The zero-order valence-electron chi connectivity index (χ0n) is 13.6. The number of thiazole rings is 1. The van der Waals surface area contributed by atoms with Gasteiger partial charge in [-0.05, 0) is 38.1 Å². The van der Waals surface area contributed by atoms with Crippen LogP contribution in [0.15, 0.2) is 35.7 Å². The number of hydrogen-bond donors (Lipinski definition) is 2. The summed E-state index contributed by atoms with van der Waals surface area (Å²) in [5.74, 6) is 0.0984. The Labute approximate surface area is 148 Å². The fourth-order valence-corrected chi connectivity index (χ4v) is 2.86. The van der Waals surface area contributed by atoms with Crippen LogP contribution in [0.2, 0.25) is 0 Å². The summed E-state index contributed by atoms with van der Waals surface area (Å²) in [5, 5.41) is 16.8. The zero-order valence-corrected chi connectivity index (χ0v) is 14.4. The van der Waals surface area contributed by atoms with Crippen LogP contribution in [0, 0.1) is 25.2 Å². The fraction of sp³-hybridized carbons (Fsp3) is 0.118. The summed E-state index contributed by atoms with van der Waals surface area (Å²) >= 11 is 1.29. The molecular weight excluding hydrogens is 336 g/mol. The van der Waals surface area contributed by atoms with Gasteiger partial charge >= 0.3 is 0 Å². The molecule has 0 aliphatic heterocycles. The van der Waals surface area contributed by atoms with Crippen LogP contribution < -0.4 is 10.6 Å². The van der Waals surface area contributed by atoms with Gasteiger partial charge in [-0.25, -0.2) is 15.0 Å². The highest BCUT2D eigenvalue weighted by molar-refractivity contribution is 7.14. The molecule has 0 aliphatic rings. The van der Waals surface area contributed by atoms with Crippen LogP contribution >= 0.6 is 11.3 Å². The van der Waals surface area contributed by atoms with E-state index >= 15 is 0 Å². The van der Waals surface area contributed by atoms with E-state index in [1.807, 2.05) is 26.0 Å². The molecule has 3 aromatic rings. The molecule has 2 heterocycles. The number of carbonyl (C=O) groups is 1. The number of nitrogens with zero attached hydrogens (tertiary/aromatic N) is 4. The van der Waals surface area contributed by atoms with Crippen LogP contribution in [0.3, 0.4) is 0 Å². The number of anilines is 3. The number of hydrogen-bond acceptors (Lipinski definition) is 7. The molecule has 0 atom stereocenters. The highest BCUT2D eigenvalue weighted by Crippen LogP contribution is 2.20. The Morgan fingerprint density at radius 1 is 1.16 bits per heavy atom. The van der Waals surface area contributed by atoms with Crippen LogP contribution in [0.5, 0.6) is 0 Å². The van der Waals surface area contributed by atoms with Crippen molar-refractivity contribution in [1.29, 1.82) is 5.26 Å². The van der Waals surface area contributed by atoms with Crippen molar-refractivity contribution in [1.82, 2.24) is 15.0 Å². The number of rotatable bonds is 4. The Morgan fingerprint density at radius 3 is 2.64 bits per heavy atom. The van der Waals surface area contributed by atoms with E-state index in [2.05, 4.69) is 25.6 Å². The van der Waals surface area contributed by atoms with Crippen LogP contribution in [-0.4, -0.2) is 20.9 Å². The lowest BCUT2D eigenvalue weighted by Crippen LogP contribution is -2.12. The van der Waals surface area contributed by atoms with Crippen LogP contribution in [0.1, 0.15) is 27.4 Å². The van der Waals surface area contributed by atoms with Crippen LogP contribution in [0.25, 0.3) is 0 Å². The van der Waals surface area contributed by atoms with Crippen molar-refractivity contribution in [3.8, 4) is 6.07 Å². The first-order valence-corrected chi connectivity index (χ1v) is 8.28. The smallest absolute Gasteiger partial charge is 0.275 e. The summed E-state index contributed by atoms with van der Waals surface area (Å²) in [6.07, 6.45) is 0. The lowest BCUT2D eigenvalue weighted by molar-refractivity contribution is 0.102. The first kappa shape index (κ1) is 16.5. The molecule has 0 aliphatic carbocycles. The molecule has 124 valence electrons. The standard InChI is InChI=1S/C17H14N6OS/c1-10-6-11(2)20-16(19-10)23-17-22-14(9-25-17)15(24)21-13-5-3-4-12(7-13)8-18/h3-7,9H,1-2H3,(H,21,24)(H,19,20,22,23). The topological polar surface area (TPSA) is 104 Å². The van der Waals surface area contributed by atoms with E-state index < -0.39 is 0 Å². The molecule has 0 radical (unpaired) electrons. The van der Waals surface area contributed by atoms with E-state index in [1.165, 1.54) is 11.3 Å². The van der Waals surface area contributed by atoms with Crippen molar-refractivity contribution in [2.75, 3.05) is 10.6 Å². The van der Waals surface area contributed by atoms with Gasteiger partial charge < -0.3 is 10.6 Å². The van der Waals surface area contributed by atoms with Gasteiger partial charge in [0.05, 0.1) is 11.6 Å². The predicted octanol–water partition coefficient (Wildman–Crippen LogP) is 3.42. The third-order valence-corrected chi connectivity index (χ3v) is 3.95. The molecule has 2 aromatic heterocycles. The quantitative estimate of drug-likeness (QED) is 0.747. The van der Waals surface area contributed by atoms with Gasteiger partial charge in [-0.3, -0.25) is 4.79 Å². The first-order chi connectivity index (χ1) is 12.0. The highest BCUT2D eigenvalue weighted by Gasteiger charge is 2.12. The minimum absolute atomic E-state index is 0.277. The van der Waals surface area contributed by atoms with Crippen molar-refractivity contribution in [2.45, 2.75) is 13.8 Å². The average molecular weight is 350 g/mol. The summed E-state index contributed by atoms with van der Waals surface area (Å²) in [6, 6.07) is 10.6. The van der Waals surface area contributed by atoms with E-state index in [0.29, 0.717) is 22.3 Å². The van der Waals surface area contributed by atoms with E-state index in [0.717, 1.165) is 11.4 Å². The highest BCUT2D eigenvalue weighted by atomic mass is 32.1. The van der Waals surface area contributed by atoms with Gasteiger partial charge in [0.1, 0.15) is 5.69 Å². The maximum atomic E-state index is 12.3. The molecule has 0 bridgehead atoms. The summed E-state index contributed by atoms with van der Waals surface area (Å²) < 4.78 is 0. The van der Waals surface area contributed by atoms with Gasteiger partial charge in [-0.1, -0.05) is 6.07 Å². The predicted molar refractivity (Wildman–Crippen MR) is 96.0 cm³/mol. The third kappa shape index (κ3) is 4.16. The molecular formula is C17H14N6OS. The molecule has 0 saturated heterocycles. The van der Waals surface area contributed by atoms with E-state index in [1.54, 1.807) is 29.6 Å². The van der Waals surface area contributed by atoms with Gasteiger partial charge in [-0.15, -0.1) is 11.3 Å². The van der Waals surface area contributed by atoms with Gasteiger partial charge in [0, 0.05) is 22.5 Å². The van der Waals surface area contributed by atoms with Gasteiger partial charge in [0.25, 0.3) is 5.91 Å². The average Bonchev–Trinajstić information content (AvgIpc) is 3.02. The fourth-order valence-electron chi connectivity index (χ4n) is 2.17. The minimum Gasteiger partial charge on any atom is -0.321 e. The maximum Gasteiger partial charge on any atom is 0.275 e. The van der Waals surface area contributed by atoms with Gasteiger partial charge in [0.2, 0.25) is 5.95 Å². The van der Waals surface area contributed by atoms with Crippen molar-refractivity contribution < 1.29 is 4.79 Å². The lowest BCUT2D eigenvalue weighted by Gasteiger charge is -2.04. The third-order valence-electron chi connectivity index (χ3n) is 3.19. The minimum atomic E-state index is -0.347. The van der Waals surface area contributed by atoms with E-state index in [9.17, 15) is 4.79 Å². The van der Waals surface area contributed by atoms with Crippen LogP contribution in [0.4, 0.5) is 16.8 Å². The molecule has 0 saturated carbocycles. The normalized spacial score (nSPS) is 10.1. The molecule has 3 rings (SSSR count). The second-order valence-corrected chi connectivity index (χ2v) is 6.14. The number of nitrogens with one attached hydrogen (secondary N) is 2. The maximum absolute atomic E-state index is 12.3. The summed E-state index contributed by atoms with van der Waals surface area (Å²) in [6.45, 7) is 3.77. The molecule has 0 spiro atoms. The number of aromatic nitrogens is 3. The Bertz CT molecular complexity index is 955. The lowest BCUT2D eigenvalue weighted by atomic mass is 10.2. The Balaban J connectivity index is 1.72. The monoisotopic (exact) mass is 350 g/mol. The largest absolute Gasteiger partial charge is 0.321 e. The first-order valence-electron chi connectivity index (χ1n) is 7.40. The van der Waals surface area contributed by atoms with E-state index in [-0.39, 0.29) is 11.6 Å². The second-order valence-electron chi connectivity index (χ2n) is 5.28. The summed E-state index contributed by atoms with van der Waals surface area (Å²) in [4.78, 5) is 25.1. The Morgan fingerprint density at radius 2 is 1.92 bits per heavy atom. The molecule has 0 unspecified atom stereocenters. The summed E-state index contributed by atoms with van der Waals surface area (Å²) in [7, 11) is 0. The van der Waals surface area contributed by atoms with Crippen molar-refractivity contribution in [2.24, 2.45) is 0 Å². The second kappa shape index (κ2) is 7.07. The number of benzene rings is 1.